The van der Waals surface area contributed by atoms with Crippen molar-refractivity contribution in [1.82, 2.24) is 10.1 Å². The van der Waals surface area contributed by atoms with E-state index in [-0.39, 0.29) is 24.0 Å². The molecule has 2 bridgehead atoms. The number of carbonyl (C=O) groups excluding carboxylic acids is 1. The number of rotatable bonds is 4. The van der Waals surface area contributed by atoms with Crippen LogP contribution in [0.2, 0.25) is 0 Å². The molecular weight excluding hydrogens is 318 g/mol. The highest BCUT2D eigenvalue weighted by molar-refractivity contribution is 5.93. The zero-order chi connectivity index (χ0) is 17.4. The topological polar surface area (TPSA) is 67.6 Å². The minimum absolute atomic E-state index is 0.0528. The van der Waals surface area contributed by atoms with E-state index in [1.165, 1.54) is 0 Å². The molecule has 3 unspecified atom stereocenters. The monoisotopic (exact) mass is 341 g/mol. The molecule has 1 amide bonds. The third-order valence-electron chi connectivity index (χ3n) is 5.17. The lowest BCUT2D eigenvalue weighted by atomic mass is 9.99. The van der Waals surface area contributed by atoms with Gasteiger partial charge in [0.2, 0.25) is 5.91 Å². The molecule has 2 saturated heterocycles. The molecule has 1 aromatic carbocycles. The Hall–Kier alpha value is -2.18. The zero-order valence-corrected chi connectivity index (χ0v) is 14.6. The number of morpholine rings is 1. The highest BCUT2D eigenvalue weighted by Gasteiger charge is 2.44. The summed E-state index contributed by atoms with van der Waals surface area (Å²) in [6.45, 7) is 6.31. The molecule has 2 aromatic rings. The van der Waals surface area contributed by atoms with Crippen molar-refractivity contribution in [2.75, 3.05) is 18.4 Å². The molecule has 1 N–H and O–H groups in total. The predicted octanol–water partition coefficient (Wildman–Crippen LogP) is 2.52. The van der Waals surface area contributed by atoms with Crippen LogP contribution in [-0.4, -0.2) is 41.3 Å². The van der Waals surface area contributed by atoms with Gasteiger partial charge in [0, 0.05) is 30.9 Å². The molecule has 6 heteroatoms. The van der Waals surface area contributed by atoms with E-state index in [1.807, 2.05) is 44.2 Å². The summed E-state index contributed by atoms with van der Waals surface area (Å²) < 4.78 is 11.3. The number of hydrogen-bond acceptors (Lipinski definition) is 5. The Morgan fingerprint density at radius 1 is 1.28 bits per heavy atom. The molecule has 2 aliphatic rings. The summed E-state index contributed by atoms with van der Waals surface area (Å²) in [6, 6.07) is 9.59. The van der Waals surface area contributed by atoms with Gasteiger partial charge in [0.25, 0.3) is 0 Å². The molecule has 132 valence electrons. The van der Waals surface area contributed by atoms with Gasteiger partial charge >= 0.3 is 0 Å². The predicted molar refractivity (Wildman–Crippen MR) is 93.1 cm³/mol. The standard InChI is InChI=1S/C19H23N3O3/c1-12-17(13(2)25-21-12)10-22-9-15-8-16(18(11-22)24-15)19(23)20-14-6-4-3-5-7-14/h3-7,15-16,18H,8-11H2,1-2H3,(H,20,23). The molecule has 0 saturated carbocycles. The maximum absolute atomic E-state index is 12.7. The fourth-order valence-corrected chi connectivity index (χ4v) is 3.85. The number of benzene rings is 1. The Morgan fingerprint density at radius 3 is 2.80 bits per heavy atom. The van der Waals surface area contributed by atoms with Gasteiger partial charge in [0.05, 0.1) is 23.8 Å². The lowest BCUT2D eigenvalue weighted by molar-refractivity contribution is -0.123. The van der Waals surface area contributed by atoms with Crippen molar-refractivity contribution in [2.24, 2.45) is 5.92 Å². The van der Waals surface area contributed by atoms with Gasteiger partial charge in [-0.1, -0.05) is 23.4 Å². The Labute approximate surface area is 147 Å². The van der Waals surface area contributed by atoms with Crippen LogP contribution < -0.4 is 5.32 Å². The minimum atomic E-state index is -0.0973. The summed E-state index contributed by atoms with van der Waals surface area (Å²) in [4.78, 5) is 15.0. The van der Waals surface area contributed by atoms with Crippen molar-refractivity contribution in [3.8, 4) is 0 Å². The third-order valence-corrected chi connectivity index (χ3v) is 5.17. The molecule has 25 heavy (non-hydrogen) atoms. The van der Waals surface area contributed by atoms with E-state index in [0.29, 0.717) is 0 Å². The maximum atomic E-state index is 12.7. The first-order valence-electron chi connectivity index (χ1n) is 8.75. The van der Waals surface area contributed by atoms with Crippen LogP contribution in [0.4, 0.5) is 5.69 Å². The summed E-state index contributed by atoms with van der Waals surface area (Å²) in [7, 11) is 0. The molecule has 4 rings (SSSR count). The number of carbonyl (C=O) groups is 1. The molecule has 0 spiro atoms. The Balaban J connectivity index is 1.41. The van der Waals surface area contributed by atoms with Crippen LogP contribution in [0, 0.1) is 19.8 Å². The lowest BCUT2D eigenvalue weighted by Crippen LogP contribution is -2.44. The van der Waals surface area contributed by atoms with E-state index in [4.69, 9.17) is 9.26 Å². The number of hydrogen-bond donors (Lipinski definition) is 1. The van der Waals surface area contributed by atoms with Crippen LogP contribution in [0.5, 0.6) is 0 Å². The largest absolute Gasteiger partial charge is 0.371 e. The summed E-state index contributed by atoms with van der Waals surface area (Å²) in [6.07, 6.45) is 0.843. The van der Waals surface area contributed by atoms with Crippen LogP contribution in [0.1, 0.15) is 23.4 Å². The second-order valence-corrected chi connectivity index (χ2v) is 6.99. The van der Waals surface area contributed by atoms with Gasteiger partial charge in [-0.25, -0.2) is 0 Å². The Bertz CT molecular complexity index is 739. The van der Waals surface area contributed by atoms with Crippen molar-refractivity contribution in [3.63, 3.8) is 0 Å². The van der Waals surface area contributed by atoms with Gasteiger partial charge in [-0.15, -0.1) is 0 Å². The first kappa shape index (κ1) is 16.3. The number of anilines is 1. The first-order chi connectivity index (χ1) is 12.1. The molecule has 3 atom stereocenters. The number of fused-ring (bicyclic) bond motifs is 2. The molecular formula is C19H23N3O3. The number of aryl methyl sites for hydroxylation is 2. The number of likely N-dealkylation sites (tertiary alicyclic amines) is 1. The molecule has 2 fully saturated rings. The summed E-state index contributed by atoms with van der Waals surface area (Å²) >= 11 is 0. The van der Waals surface area contributed by atoms with Gasteiger partial charge in [0.1, 0.15) is 5.76 Å². The highest BCUT2D eigenvalue weighted by Crippen LogP contribution is 2.33. The quantitative estimate of drug-likeness (QED) is 0.925. The normalized spacial score (nSPS) is 25.9. The number of aromatic nitrogens is 1. The van der Waals surface area contributed by atoms with E-state index in [0.717, 1.165) is 48.8 Å². The van der Waals surface area contributed by atoms with Crippen LogP contribution >= 0.6 is 0 Å². The average Bonchev–Trinajstić information content (AvgIpc) is 3.08. The summed E-state index contributed by atoms with van der Waals surface area (Å²) in [5.74, 6) is 0.826. The number of amides is 1. The Kier molecular flexibility index (Phi) is 4.31. The van der Waals surface area contributed by atoms with Crippen LogP contribution in [0.15, 0.2) is 34.9 Å². The lowest BCUT2D eigenvalue weighted by Gasteiger charge is -2.32. The number of ether oxygens (including phenoxy) is 1. The zero-order valence-electron chi connectivity index (χ0n) is 14.6. The van der Waals surface area contributed by atoms with Crippen LogP contribution in [0.25, 0.3) is 0 Å². The Morgan fingerprint density at radius 2 is 2.08 bits per heavy atom. The second kappa shape index (κ2) is 6.61. The van der Waals surface area contributed by atoms with Gasteiger partial charge < -0.3 is 14.6 Å². The van der Waals surface area contributed by atoms with Crippen molar-refractivity contribution >= 4 is 11.6 Å². The number of nitrogens with zero attached hydrogens (tertiary/aromatic N) is 2. The van der Waals surface area contributed by atoms with Crippen LogP contribution in [0.3, 0.4) is 0 Å². The fourth-order valence-electron chi connectivity index (χ4n) is 3.85. The third kappa shape index (κ3) is 3.32. The van der Waals surface area contributed by atoms with E-state index >= 15 is 0 Å². The van der Waals surface area contributed by atoms with Gasteiger partial charge in [-0.3, -0.25) is 9.69 Å². The van der Waals surface area contributed by atoms with Gasteiger partial charge in [0.15, 0.2) is 0 Å². The first-order valence-corrected chi connectivity index (χ1v) is 8.75. The van der Waals surface area contributed by atoms with E-state index < -0.39 is 0 Å². The van der Waals surface area contributed by atoms with E-state index in [2.05, 4.69) is 15.4 Å². The SMILES string of the molecule is Cc1noc(C)c1CN1CC2CC(C(=O)Nc3ccccc3)C(C1)O2. The van der Waals surface area contributed by atoms with E-state index in [9.17, 15) is 4.79 Å². The van der Waals surface area contributed by atoms with E-state index in [1.54, 1.807) is 0 Å². The fraction of sp³-hybridized carbons (Fsp3) is 0.474. The van der Waals surface area contributed by atoms with Crippen molar-refractivity contribution in [3.05, 3.63) is 47.3 Å². The van der Waals surface area contributed by atoms with Crippen molar-refractivity contribution in [1.29, 1.82) is 0 Å². The molecule has 1 aromatic heterocycles. The van der Waals surface area contributed by atoms with Crippen molar-refractivity contribution in [2.45, 2.75) is 39.0 Å². The molecule has 3 heterocycles. The van der Waals surface area contributed by atoms with Crippen LogP contribution in [-0.2, 0) is 16.1 Å². The summed E-state index contributed by atoms with van der Waals surface area (Å²) in [5.41, 5.74) is 2.92. The number of para-hydroxylation sites is 1. The maximum Gasteiger partial charge on any atom is 0.230 e. The molecule has 6 nitrogen and oxygen atoms in total. The highest BCUT2D eigenvalue weighted by atomic mass is 16.5. The summed E-state index contributed by atoms with van der Waals surface area (Å²) in [5, 5.41) is 7.04. The van der Waals surface area contributed by atoms with Gasteiger partial charge in [-0.05, 0) is 32.4 Å². The minimum Gasteiger partial charge on any atom is -0.371 e. The molecule has 0 radical (unpaired) electrons. The smallest absolute Gasteiger partial charge is 0.230 e. The molecule has 2 aliphatic heterocycles. The second-order valence-electron chi connectivity index (χ2n) is 6.99. The van der Waals surface area contributed by atoms with Crippen molar-refractivity contribution < 1.29 is 14.1 Å². The number of nitrogens with one attached hydrogen (secondary N) is 1. The molecule has 0 aliphatic carbocycles. The average molecular weight is 341 g/mol. The van der Waals surface area contributed by atoms with Gasteiger partial charge in [-0.2, -0.15) is 0 Å².